The lowest BCUT2D eigenvalue weighted by molar-refractivity contribution is -0.155. The van der Waals surface area contributed by atoms with Crippen molar-refractivity contribution in [2.45, 2.75) is 58.5 Å². The summed E-state index contributed by atoms with van der Waals surface area (Å²) in [4.78, 5) is 13.9. The molecule has 0 radical (unpaired) electrons. The molecule has 2 unspecified atom stereocenters. The van der Waals surface area contributed by atoms with Gasteiger partial charge in [0.1, 0.15) is 5.54 Å². The Bertz CT molecular complexity index is 512. The second kappa shape index (κ2) is 5.57. The van der Waals surface area contributed by atoms with Gasteiger partial charge in [-0.2, -0.15) is 0 Å². The maximum atomic E-state index is 11.7. The van der Waals surface area contributed by atoms with Crippen LogP contribution in [-0.2, 0) is 4.79 Å². The number of benzene rings is 1. The Hall–Kier alpha value is -1.35. The van der Waals surface area contributed by atoms with Crippen LogP contribution in [-0.4, -0.2) is 28.1 Å². The second-order valence-electron chi connectivity index (χ2n) is 6.25. The van der Waals surface area contributed by atoms with E-state index in [1.807, 2.05) is 6.92 Å². The van der Waals surface area contributed by atoms with Crippen molar-refractivity contribution >= 4 is 5.97 Å². The van der Waals surface area contributed by atoms with Crippen LogP contribution in [0.4, 0.5) is 0 Å². The van der Waals surface area contributed by atoms with Crippen LogP contribution in [0.25, 0.3) is 0 Å². The van der Waals surface area contributed by atoms with E-state index in [1.54, 1.807) is 0 Å². The number of hydrogen-bond acceptors (Lipinski definition) is 2. The summed E-state index contributed by atoms with van der Waals surface area (Å²) >= 11 is 0. The summed E-state index contributed by atoms with van der Waals surface area (Å²) in [5, 5.41) is 9.62. The minimum absolute atomic E-state index is 0.135. The normalized spacial score (nSPS) is 25.4. The average Bonchev–Trinajstić information content (AvgIpc) is 2.41. The molecule has 2 rings (SSSR count). The summed E-state index contributed by atoms with van der Waals surface area (Å²) in [7, 11) is 0. The standard InChI is InChI=1S/C17H25NO2/c1-12-7-8-15(11-13(12)2)14(3)18-10-6-5-9-17(18,4)16(19)20/h7-8,11,14H,5-6,9-10H2,1-4H3,(H,19,20). The van der Waals surface area contributed by atoms with Gasteiger partial charge in [0.15, 0.2) is 0 Å². The largest absolute Gasteiger partial charge is 0.480 e. The highest BCUT2D eigenvalue weighted by Gasteiger charge is 2.43. The van der Waals surface area contributed by atoms with E-state index in [0.29, 0.717) is 0 Å². The van der Waals surface area contributed by atoms with Crippen molar-refractivity contribution < 1.29 is 9.90 Å². The van der Waals surface area contributed by atoms with Gasteiger partial charge < -0.3 is 5.11 Å². The fourth-order valence-corrected chi connectivity index (χ4v) is 3.20. The highest BCUT2D eigenvalue weighted by Crippen LogP contribution is 2.36. The number of rotatable bonds is 3. The molecule has 1 aliphatic rings. The number of piperidine rings is 1. The van der Waals surface area contributed by atoms with Gasteiger partial charge in [-0.1, -0.05) is 18.2 Å². The number of hydrogen-bond donors (Lipinski definition) is 1. The highest BCUT2D eigenvalue weighted by atomic mass is 16.4. The Morgan fingerprint density at radius 1 is 1.30 bits per heavy atom. The smallest absolute Gasteiger partial charge is 0.323 e. The molecule has 110 valence electrons. The zero-order valence-corrected chi connectivity index (χ0v) is 12.9. The molecule has 20 heavy (non-hydrogen) atoms. The lowest BCUT2D eigenvalue weighted by Crippen LogP contribution is -2.55. The summed E-state index contributed by atoms with van der Waals surface area (Å²) < 4.78 is 0. The summed E-state index contributed by atoms with van der Waals surface area (Å²) in [6.45, 7) is 9.06. The maximum Gasteiger partial charge on any atom is 0.323 e. The van der Waals surface area contributed by atoms with Crippen molar-refractivity contribution in [2.24, 2.45) is 0 Å². The molecule has 0 amide bonds. The first-order valence-corrected chi connectivity index (χ1v) is 7.43. The molecule has 1 aromatic carbocycles. The van der Waals surface area contributed by atoms with Crippen LogP contribution in [0.5, 0.6) is 0 Å². The van der Waals surface area contributed by atoms with Gasteiger partial charge >= 0.3 is 5.97 Å². The Labute approximate surface area is 121 Å². The second-order valence-corrected chi connectivity index (χ2v) is 6.25. The lowest BCUT2D eigenvalue weighted by Gasteiger charge is -2.45. The van der Waals surface area contributed by atoms with Crippen molar-refractivity contribution in [3.05, 3.63) is 34.9 Å². The van der Waals surface area contributed by atoms with E-state index in [0.717, 1.165) is 25.8 Å². The van der Waals surface area contributed by atoms with Gasteiger partial charge in [-0.05, 0) is 70.2 Å². The number of carbonyl (C=O) groups is 1. The number of carboxylic acid groups (broad SMARTS) is 1. The third-order valence-electron chi connectivity index (χ3n) is 4.89. The van der Waals surface area contributed by atoms with Crippen molar-refractivity contribution in [3.63, 3.8) is 0 Å². The van der Waals surface area contributed by atoms with Crippen LogP contribution in [0, 0.1) is 13.8 Å². The van der Waals surface area contributed by atoms with Crippen LogP contribution in [0.2, 0.25) is 0 Å². The van der Waals surface area contributed by atoms with Crippen LogP contribution in [0.1, 0.15) is 55.8 Å². The number of nitrogens with zero attached hydrogens (tertiary/aromatic N) is 1. The number of aryl methyl sites for hydroxylation is 2. The minimum Gasteiger partial charge on any atom is -0.480 e. The summed E-state index contributed by atoms with van der Waals surface area (Å²) in [5.41, 5.74) is 3.02. The van der Waals surface area contributed by atoms with Gasteiger partial charge in [-0.3, -0.25) is 9.69 Å². The molecule has 1 N–H and O–H groups in total. The molecule has 0 aliphatic carbocycles. The van der Waals surface area contributed by atoms with Crippen molar-refractivity contribution in [3.8, 4) is 0 Å². The van der Waals surface area contributed by atoms with E-state index in [9.17, 15) is 9.90 Å². The summed E-state index contributed by atoms with van der Waals surface area (Å²) in [6.07, 6.45) is 2.81. The van der Waals surface area contributed by atoms with Crippen molar-refractivity contribution in [1.82, 2.24) is 4.90 Å². The first kappa shape index (κ1) is 15.0. The molecule has 1 saturated heterocycles. The zero-order valence-electron chi connectivity index (χ0n) is 12.9. The third-order valence-corrected chi connectivity index (χ3v) is 4.89. The quantitative estimate of drug-likeness (QED) is 0.914. The Balaban J connectivity index is 2.32. The van der Waals surface area contributed by atoms with E-state index in [1.165, 1.54) is 16.7 Å². The maximum absolute atomic E-state index is 11.7. The Morgan fingerprint density at radius 3 is 2.60 bits per heavy atom. The topological polar surface area (TPSA) is 40.5 Å². The van der Waals surface area contributed by atoms with Gasteiger partial charge in [0.05, 0.1) is 0 Å². The fourth-order valence-electron chi connectivity index (χ4n) is 3.20. The number of carboxylic acids is 1. The zero-order chi connectivity index (χ0) is 14.9. The van der Waals surface area contributed by atoms with Crippen LogP contribution in [0.15, 0.2) is 18.2 Å². The molecule has 0 aromatic heterocycles. The molecular formula is C17H25NO2. The van der Waals surface area contributed by atoms with Crippen LogP contribution < -0.4 is 0 Å². The van der Waals surface area contributed by atoms with Crippen LogP contribution in [0.3, 0.4) is 0 Å². The third kappa shape index (κ3) is 2.59. The number of aliphatic carboxylic acids is 1. The monoisotopic (exact) mass is 275 g/mol. The lowest BCUT2D eigenvalue weighted by atomic mass is 9.85. The van der Waals surface area contributed by atoms with Crippen molar-refractivity contribution in [1.29, 1.82) is 0 Å². The van der Waals surface area contributed by atoms with E-state index < -0.39 is 11.5 Å². The molecule has 1 aromatic rings. The summed E-state index contributed by atoms with van der Waals surface area (Å²) in [5.74, 6) is -0.701. The van der Waals surface area contributed by atoms with E-state index >= 15 is 0 Å². The Kier molecular flexibility index (Phi) is 4.19. The molecule has 3 heteroatoms. The van der Waals surface area contributed by atoms with Gasteiger partial charge in [0.25, 0.3) is 0 Å². The van der Waals surface area contributed by atoms with E-state index in [4.69, 9.17) is 0 Å². The van der Waals surface area contributed by atoms with E-state index in [2.05, 4.69) is 43.9 Å². The first-order chi connectivity index (χ1) is 9.36. The summed E-state index contributed by atoms with van der Waals surface area (Å²) in [6, 6.07) is 6.58. The molecule has 1 heterocycles. The van der Waals surface area contributed by atoms with Gasteiger partial charge in [-0.25, -0.2) is 0 Å². The number of likely N-dealkylation sites (tertiary alicyclic amines) is 1. The molecule has 0 bridgehead atoms. The first-order valence-electron chi connectivity index (χ1n) is 7.43. The SMILES string of the molecule is Cc1ccc(C(C)N2CCCCC2(C)C(=O)O)cc1C. The van der Waals surface area contributed by atoms with Gasteiger partial charge in [0, 0.05) is 6.04 Å². The minimum atomic E-state index is -0.740. The van der Waals surface area contributed by atoms with Gasteiger partial charge in [0.2, 0.25) is 0 Å². The Morgan fingerprint density at radius 2 is 2.00 bits per heavy atom. The van der Waals surface area contributed by atoms with Gasteiger partial charge in [-0.15, -0.1) is 0 Å². The molecule has 0 saturated carbocycles. The van der Waals surface area contributed by atoms with Crippen LogP contribution >= 0.6 is 0 Å². The molecule has 3 nitrogen and oxygen atoms in total. The van der Waals surface area contributed by atoms with E-state index in [-0.39, 0.29) is 6.04 Å². The molecular weight excluding hydrogens is 250 g/mol. The molecule has 2 atom stereocenters. The predicted octanol–water partition coefficient (Wildman–Crippen LogP) is 3.69. The highest BCUT2D eigenvalue weighted by molar-refractivity contribution is 5.78. The molecule has 1 fully saturated rings. The fraction of sp³-hybridized carbons (Fsp3) is 0.588. The average molecular weight is 275 g/mol. The molecule has 0 spiro atoms. The molecule has 1 aliphatic heterocycles. The predicted molar refractivity (Wildman–Crippen MR) is 80.9 cm³/mol. The van der Waals surface area contributed by atoms with Crippen molar-refractivity contribution in [2.75, 3.05) is 6.54 Å².